The van der Waals surface area contributed by atoms with Gasteiger partial charge in [-0.1, -0.05) is 32.1 Å². The summed E-state index contributed by atoms with van der Waals surface area (Å²) < 4.78 is 76.0. The number of carboxylic acids is 1. The monoisotopic (exact) mass is 803 g/mol. The summed E-state index contributed by atoms with van der Waals surface area (Å²) in [6.07, 6.45) is 8.53. The molecule has 0 aromatic heterocycles. The minimum atomic E-state index is -4.46. The topological polar surface area (TPSA) is 214 Å². The van der Waals surface area contributed by atoms with Gasteiger partial charge in [-0.3, -0.25) is 14.1 Å². The second-order valence-electron chi connectivity index (χ2n) is 14.9. The average molecular weight is 804 g/mol. The zero-order valence-corrected chi connectivity index (χ0v) is 33.5. The fraction of sp³-hybridized carbons (Fsp3) is 0.513. The molecule has 1 amide bonds. The minimum Gasteiger partial charge on any atom is -0.748 e. The Labute approximate surface area is 324 Å². The molecule has 2 aromatic carbocycles. The highest BCUT2D eigenvalue weighted by Gasteiger charge is 2.45. The number of anilines is 1. The van der Waals surface area contributed by atoms with Crippen LogP contribution in [0.3, 0.4) is 0 Å². The number of nitrogens with zero attached hydrogens (tertiary/aromatic N) is 2. The third-order valence-electron chi connectivity index (χ3n) is 10.1. The lowest BCUT2D eigenvalue weighted by Crippen LogP contribution is -2.29. The summed E-state index contributed by atoms with van der Waals surface area (Å²) in [4.78, 5) is 25.3. The van der Waals surface area contributed by atoms with Gasteiger partial charge >= 0.3 is 5.97 Å². The van der Waals surface area contributed by atoms with Crippen LogP contribution in [0.25, 0.3) is 0 Å². The maximum Gasteiger partial charge on any atom is 0.303 e. The maximum absolute atomic E-state index is 12.4. The van der Waals surface area contributed by atoms with Crippen LogP contribution >= 0.6 is 0 Å². The Hall–Kier alpha value is -3.93. The number of benzene rings is 2. The number of aliphatic carboxylic acids is 1. The van der Waals surface area contributed by atoms with Crippen LogP contribution in [-0.2, 0) is 51.9 Å². The number of aliphatic hydroxyl groups is 1. The molecule has 2 aliphatic rings. The maximum atomic E-state index is 12.4. The first-order valence-corrected chi connectivity index (χ1v) is 21.5. The van der Waals surface area contributed by atoms with Crippen molar-refractivity contribution in [3.8, 4) is 0 Å². The number of ether oxygens (including phenoxy) is 1. The molecule has 55 heavy (non-hydrogen) atoms. The highest BCUT2D eigenvalue weighted by molar-refractivity contribution is 7.86. The zero-order chi connectivity index (χ0) is 40.6. The highest BCUT2D eigenvalue weighted by Crippen LogP contribution is 2.48. The van der Waals surface area contributed by atoms with Gasteiger partial charge in [-0.15, -0.1) is 0 Å². The van der Waals surface area contributed by atoms with E-state index in [1.807, 2.05) is 69.0 Å². The van der Waals surface area contributed by atoms with E-state index in [-0.39, 0.29) is 56.4 Å². The number of carbonyl (C=O) groups excluding carboxylic acids is 1. The van der Waals surface area contributed by atoms with Crippen molar-refractivity contribution in [2.75, 3.05) is 43.6 Å². The first-order valence-electron chi connectivity index (χ1n) is 18.4. The number of carboxylic acid groups (broad SMARTS) is 1. The third-order valence-corrected chi connectivity index (χ3v) is 11.7. The molecule has 14 nitrogen and oxygen atoms in total. The second kappa shape index (κ2) is 18.3. The molecule has 4 N–H and O–H groups in total. The zero-order valence-electron chi connectivity index (χ0n) is 31.9. The Morgan fingerprint density at radius 3 is 2.35 bits per heavy atom. The molecular formula is C39H53N3O11S2. The lowest BCUT2D eigenvalue weighted by molar-refractivity contribution is -0.438. The van der Waals surface area contributed by atoms with Crippen LogP contribution < -0.4 is 10.2 Å². The van der Waals surface area contributed by atoms with Crippen molar-refractivity contribution in [3.05, 3.63) is 77.0 Å². The van der Waals surface area contributed by atoms with Crippen molar-refractivity contribution in [2.45, 2.75) is 94.9 Å². The highest BCUT2D eigenvalue weighted by atomic mass is 32.2. The van der Waals surface area contributed by atoms with E-state index < -0.39 is 42.8 Å². The normalized spacial score (nSPS) is 16.9. The molecule has 0 saturated carbocycles. The number of nitrogens with one attached hydrogen (secondary N) is 1. The van der Waals surface area contributed by atoms with Crippen molar-refractivity contribution in [3.63, 3.8) is 0 Å². The molecule has 0 fully saturated rings. The summed E-state index contributed by atoms with van der Waals surface area (Å²) in [5, 5.41) is 20.9. The number of rotatable bonds is 21. The Morgan fingerprint density at radius 2 is 1.67 bits per heavy atom. The minimum absolute atomic E-state index is 0.0236. The molecule has 0 spiro atoms. The van der Waals surface area contributed by atoms with Crippen LogP contribution in [0.4, 0.5) is 11.4 Å². The molecular weight excluding hydrogens is 751 g/mol. The van der Waals surface area contributed by atoms with E-state index in [9.17, 15) is 35.5 Å². The fourth-order valence-electron chi connectivity index (χ4n) is 7.20. The largest absolute Gasteiger partial charge is 0.748 e. The number of aliphatic hydroxyl groups excluding tert-OH is 1. The summed E-state index contributed by atoms with van der Waals surface area (Å²) in [7, 11) is -8.89. The predicted molar refractivity (Wildman–Crippen MR) is 207 cm³/mol. The standard InChI is InChI=1S/C39H53N3O11S2/c1-38(2)30-25-28(27-40-36(44)18-23-53-22-10-21-43)14-16-32(30)42(20-9-24-54(47,48)49)34(38)11-8-12-35-39(3,4)31-26-29(55(50,51)52)15-17-33(31)41(35)19-7-5-6-13-37(45)46/h8,11-12,14-17,25-26,43H,5-7,9-10,13,18-24,27H2,1-4H3,(H3-,40,44,45,46,47,48,49,50,51,52). The molecule has 16 heteroatoms. The molecule has 2 aliphatic heterocycles. The van der Waals surface area contributed by atoms with Crippen LogP contribution in [0.5, 0.6) is 0 Å². The van der Waals surface area contributed by atoms with E-state index in [4.69, 9.17) is 14.9 Å². The van der Waals surface area contributed by atoms with Crippen LogP contribution in [0.2, 0.25) is 0 Å². The molecule has 2 aromatic rings. The van der Waals surface area contributed by atoms with Gasteiger partial charge < -0.3 is 29.7 Å². The lowest BCUT2D eigenvalue weighted by atomic mass is 9.81. The van der Waals surface area contributed by atoms with Gasteiger partial charge in [-0.25, -0.2) is 8.42 Å². The number of fused-ring (bicyclic) bond motifs is 2. The Balaban J connectivity index is 1.66. The number of hydrogen-bond donors (Lipinski definition) is 4. The molecule has 2 heterocycles. The summed E-state index contributed by atoms with van der Waals surface area (Å²) in [5.74, 6) is -1.55. The van der Waals surface area contributed by atoms with Gasteiger partial charge in [-0.05, 0) is 74.9 Å². The van der Waals surface area contributed by atoms with Gasteiger partial charge in [0.1, 0.15) is 6.54 Å². The van der Waals surface area contributed by atoms with Crippen molar-refractivity contribution in [1.29, 1.82) is 0 Å². The van der Waals surface area contributed by atoms with E-state index in [1.54, 1.807) is 6.07 Å². The van der Waals surface area contributed by atoms with Gasteiger partial charge in [-0.2, -0.15) is 13.0 Å². The summed E-state index contributed by atoms with van der Waals surface area (Å²) in [6.45, 7) is 9.76. The Bertz CT molecular complexity index is 2050. The quantitative estimate of drug-likeness (QED) is 0.0779. The molecule has 0 radical (unpaired) electrons. The van der Waals surface area contributed by atoms with Gasteiger partial charge in [0.2, 0.25) is 11.6 Å². The van der Waals surface area contributed by atoms with E-state index in [1.165, 1.54) is 12.1 Å². The molecule has 0 saturated heterocycles. The van der Waals surface area contributed by atoms with Crippen LogP contribution in [0.1, 0.15) is 89.3 Å². The van der Waals surface area contributed by atoms with Gasteiger partial charge in [0.15, 0.2) is 5.71 Å². The number of carbonyl (C=O) groups is 2. The first-order chi connectivity index (χ1) is 25.8. The molecule has 0 bridgehead atoms. The second-order valence-corrected chi connectivity index (χ2v) is 17.8. The van der Waals surface area contributed by atoms with E-state index >= 15 is 0 Å². The van der Waals surface area contributed by atoms with E-state index in [0.29, 0.717) is 44.4 Å². The van der Waals surface area contributed by atoms with Crippen LogP contribution in [0, 0.1) is 0 Å². The van der Waals surface area contributed by atoms with Crippen molar-refractivity contribution < 1.29 is 55.1 Å². The number of allylic oxidation sites excluding steroid dienone is 4. The molecule has 0 unspecified atom stereocenters. The Kier molecular flexibility index (Phi) is 14.6. The lowest BCUT2D eigenvalue weighted by Gasteiger charge is -2.27. The average Bonchev–Trinajstić information content (AvgIpc) is 3.43. The first kappa shape index (κ1) is 43.8. The molecule has 302 valence electrons. The molecule has 0 atom stereocenters. The summed E-state index contributed by atoms with van der Waals surface area (Å²) in [6, 6.07) is 10.4. The van der Waals surface area contributed by atoms with Crippen LogP contribution in [0.15, 0.2) is 65.2 Å². The van der Waals surface area contributed by atoms with Crippen molar-refractivity contribution in [1.82, 2.24) is 5.32 Å². The van der Waals surface area contributed by atoms with E-state index in [2.05, 4.69) is 9.89 Å². The number of hydrogen-bond acceptors (Lipinski definition) is 10. The Morgan fingerprint density at radius 1 is 0.927 bits per heavy atom. The smallest absolute Gasteiger partial charge is 0.303 e. The van der Waals surface area contributed by atoms with Gasteiger partial charge in [0.25, 0.3) is 10.1 Å². The summed E-state index contributed by atoms with van der Waals surface area (Å²) in [5.41, 5.74) is 4.61. The van der Waals surface area contributed by atoms with Gasteiger partial charge in [0, 0.05) is 85.8 Å². The molecule has 4 rings (SSSR count). The van der Waals surface area contributed by atoms with Crippen molar-refractivity contribution in [2.24, 2.45) is 0 Å². The predicted octanol–water partition coefficient (Wildman–Crippen LogP) is 4.53. The SMILES string of the molecule is CC1(C)C(=CC=CC2=[N+](CCCCCC(=O)O)c3ccc(S(=O)(=O)O)cc3C2(C)C)N(CCCS(=O)(=O)[O-])c2ccc(CNC(=O)CCOCCCO)cc21. The summed E-state index contributed by atoms with van der Waals surface area (Å²) >= 11 is 0. The number of amides is 1. The third kappa shape index (κ3) is 11.3. The van der Waals surface area contributed by atoms with E-state index in [0.717, 1.165) is 33.9 Å². The number of unbranched alkanes of at least 4 members (excludes halogenated alkanes) is 2. The van der Waals surface area contributed by atoms with Gasteiger partial charge in [0.05, 0.1) is 27.0 Å². The van der Waals surface area contributed by atoms with Crippen LogP contribution in [-0.4, -0.2) is 97.0 Å². The fourth-order valence-corrected chi connectivity index (χ4v) is 8.19. The molecule has 0 aliphatic carbocycles. The van der Waals surface area contributed by atoms with Crippen molar-refractivity contribution >= 4 is 49.2 Å².